The maximum atomic E-state index is 11.9. The number of nitrogens with zero attached hydrogens (tertiary/aromatic N) is 1. The molecule has 2 rings (SSSR count). The molecule has 5 nitrogen and oxygen atoms in total. The van der Waals surface area contributed by atoms with Gasteiger partial charge in [-0.3, -0.25) is 0 Å². The number of hydrogen-bond donors (Lipinski definition) is 2. The zero-order valence-electron chi connectivity index (χ0n) is 21.0. The number of carbonyl (C=O) groups is 1. The van der Waals surface area contributed by atoms with Crippen LogP contribution in [0.1, 0.15) is 70.9 Å². The van der Waals surface area contributed by atoms with Crippen molar-refractivity contribution in [3.05, 3.63) is 76.9 Å². The molecule has 0 atom stereocenters. The molecule has 0 unspecified atom stereocenters. The van der Waals surface area contributed by atoms with Crippen molar-refractivity contribution < 1.29 is 19.7 Å². The minimum Gasteiger partial charge on any atom is -0.508 e. The molecule has 0 fully saturated rings. The van der Waals surface area contributed by atoms with Crippen LogP contribution in [-0.2, 0) is 12.8 Å². The van der Waals surface area contributed by atoms with E-state index < -0.39 is 6.09 Å². The number of unbranched alkanes of at least 4 members (excludes halogenated alkanes) is 2. The SMILES string of the molecule is CCCCCc1cc(O)c(CC=C(C)CCC=C(C)C)c(OCN(C(=O)O)c2ccccc2)c1. The van der Waals surface area contributed by atoms with Crippen LogP contribution >= 0.6 is 0 Å². The van der Waals surface area contributed by atoms with Gasteiger partial charge in [0.1, 0.15) is 11.5 Å². The van der Waals surface area contributed by atoms with Gasteiger partial charge in [-0.25, -0.2) is 9.69 Å². The summed E-state index contributed by atoms with van der Waals surface area (Å²) in [5.41, 5.74) is 4.76. The topological polar surface area (TPSA) is 70.0 Å². The van der Waals surface area contributed by atoms with Crippen molar-refractivity contribution in [2.75, 3.05) is 11.6 Å². The molecule has 0 aliphatic heterocycles. The summed E-state index contributed by atoms with van der Waals surface area (Å²) in [5, 5.41) is 20.5. The number of para-hydroxylation sites is 1. The Morgan fingerprint density at radius 1 is 1.06 bits per heavy atom. The van der Waals surface area contributed by atoms with E-state index >= 15 is 0 Å². The highest BCUT2D eigenvalue weighted by Gasteiger charge is 2.17. The molecule has 2 aromatic rings. The number of aromatic hydroxyl groups is 1. The Hall–Kier alpha value is -3.21. The Morgan fingerprint density at radius 2 is 1.79 bits per heavy atom. The number of rotatable bonds is 13. The molecule has 0 heterocycles. The maximum Gasteiger partial charge on any atom is 0.414 e. The maximum absolute atomic E-state index is 11.9. The lowest BCUT2D eigenvalue weighted by atomic mass is 10.00. The Kier molecular flexibility index (Phi) is 11.2. The molecule has 1 amide bonds. The molecular formula is C29H39NO4. The van der Waals surface area contributed by atoms with Gasteiger partial charge in [0.15, 0.2) is 6.73 Å². The second-order valence-electron chi connectivity index (χ2n) is 8.94. The van der Waals surface area contributed by atoms with Gasteiger partial charge < -0.3 is 14.9 Å². The highest BCUT2D eigenvalue weighted by Crippen LogP contribution is 2.32. The summed E-state index contributed by atoms with van der Waals surface area (Å²) < 4.78 is 6.03. The van der Waals surface area contributed by atoms with Crippen LogP contribution in [0.2, 0.25) is 0 Å². The van der Waals surface area contributed by atoms with Crippen LogP contribution in [0.3, 0.4) is 0 Å². The average Bonchev–Trinajstić information content (AvgIpc) is 2.79. The van der Waals surface area contributed by atoms with Gasteiger partial charge in [0.05, 0.1) is 5.69 Å². The van der Waals surface area contributed by atoms with E-state index in [0.717, 1.165) is 49.0 Å². The molecule has 0 spiro atoms. The molecule has 0 aliphatic rings. The number of hydrogen-bond acceptors (Lipinski definition) is 3. The van der Waals surface area contributed by atoms with Crippen molar-refractivity contribution in [3.8, 4) is 11.5 Å². The van der Waals surface area contributed by atoms with E-state index in [1.165, 1.54) is 11.1 Å². The van der Waals surface area contributed by atoms with Gasteiger partial charge in [-0.15, -0.1) is 0 Å². The number of aryl methyl sites for hydroxylation is 1. The number of allylic oxidation sites excluding steroid dienone is 4. The van der Waals surface area contributed by atoms with Crippen LogP contribution in [0, 0.1) is 0 Å². The first-order valence-electron chi connectivity index (χ1n) is 12.1. The van der Waals surface area contributed by atoms with Gasteiger partial charge in [-0.2, -0.15) is 0 Å². The van der Waals surface area contributed by atoms with Gasteiger partial charge in [-0.1, -0.05) is 61.3 Å². The molecular weight excluding hydrogens is 426 g/mol. The first-order chi connectivity index (χ1) is 16.3. The Labute approximate surface area is 204 Å². The molecule has 0 bridgehead atoms. The summed E-state index contributed by atoms with van der Waals surface area (Å²) in [4.78, 5) is 13.0. The van der Waals surface area contributed by atoms with Gasteiger partial charge in [-0.05, 0) is 82.7 Å². The third-order valence-electron chi connectivity index (χ3n) is 5.71. The van der Waals surface area contributed by atoms with Crippen molar-refractivity contribution in [1.29, 1.82) is 0 Å². The quantitative estimate of drug-likeness (QED) is 0.179. The molecule has 2 aromatic carbocycles. The highest BCUT2D eigenvalue weighted by atomic mass is 16.5. The van der Waals surface area contributed by atoms with Gasteiger partial charge in [0.25, 0.3) is 0 Å². The standard InChI is InChI=1S/C29H39NO4/c1-5-6-8-14-24-19-27(31)26(18-17-23(4)13-11-12-22(2)3)28(20-24)34-21-30(29(32)33)25-15-9-7-10-16-25/h7,9-10,12,15-17,19-20,31H,5-6,8,11,13-14,18,21H2,1-4H3,(H,32,33). The highest BCUT2D eigenvalue weighted by molar-refractivity contribution is 5.85. The Bertz CT molecular complexity index is 975. The van der Waals surface area contributed by atoms with E-state index in [0.29, 0.717) is 23.4 Å². The second-order valence-corrected chi connectivity index (χ2v) is 8.94. The van der Waals surface area contributed by atoms with E-state index in [9.17, 15) is 15.0 Å². The average molecular weight is 466 g/mol. The normalized spacial score (nSPS) is 11.2. The lowest BCUT2D eigenvalue weighted by Gasteiger charge is -2.21. The lowest BCUT2D eigenvalue weighted by molar-refractivity contribution is 0.192. The Morgan fingerprint density at radius 3 is 2.44 bits per heavy atom. The summed E-state index contributed by atoms with van der Waals surface area (Å²) in [5.74, 6) is 0.723. The van der Waals surface area contributed by atoms with E-state index in [1.54, 1.807) is 24.3 Å². The largest absolute Gasteiger partial charge is 0.508 e. The van der Waals surface area contributed by atoms with Gasteiger partial charge >= 0.3 is 6.09 Å². The molecule has 0 aliphatic carbocycles. The molecule has 184 valence electrons. The number of benzene rings is 2. The minimum atomic E-state index is -1.09. The first kappa shape index (κ1) is 27.0. The summed E-state index contributed by atoms with van der Waals surface area (Å²) in [6, 6.07) is 12.6. The van der Waals surface area contributed by atoms with Crippen LogP contribution in [0.25, 0.3) is 0 Å². The second kappa shape index (κ2) is 14.1. The summed E-state index contributed by atoms with van der Waals surface area (Å²) in [7, 11) is 0. The predicted octanol–water partition coefficient (Wildman–Crippen LogP) is 7.88. The van der Waals surface area contributed by atoms with Crippen LogP contribution in [-0.4, -0.2) is 23.0 Å². The van der Waals surface area contributed by atoms with Gasteiger partial charge in [0.2, 0.25) is 0 Å². The van der Waals surface area contributed by atoms with E-state index in [1.807, 2.05) is 18.2 Å². The number of phenols is 1. The van der Waals surface area contributed by atoms with Crippen molar-refractivity contribution in [2.24, 2.45) is 0 Å². The first-order valence-corrected chi connectivity index (χ1v) is 12.1. The van der Waals surface area contributed by atoms with E-state index in [4.69, 9.17) is 4.74 Å². The molecule has 0 saturated heterocycles. The summed E-state index contributed by atoms with van der Waals surface area (Å²) >= 11 is 0. The lowest BCUT2D eigenvalue weighted by Crippen LogP contribution is -2.33. The fourth-order valence-corrected chi connectivity index (χ4v) is 3.69. The third-order valence-corrected chi connectivity index (χ3v) is 5.71. The number of anilines is 1. The number of carboxylic acid groups (broad SMARTS) is 1. The fourth-order valence-electron chi connectivity index (χ4n) is 3.69. The number of ether oxygens (including phenoxy) is 1. The molecule has 0 aromatic heterocycles. The predicted molar refractivity (Wildman–Crippen MR) is 140 cm³/mol. The minimum absolute atomic E-state index is 0.159. The fraction of sp³-hybridized carbons (Fsp3) is 0.414. The number of amides is 1. The monoisotopic (exact) mass is 465 g/mol. The van der Waals surface area contributed by atoms with Crippen molar-refractivity contribution in [1.82, 2.24) is 0 Å². The van der Waals surface area contributed by atoms with Crippen molar-refractivity contribution >= 4 is 11.8 Å². The third kappa shape index (κ3) is 8.97. The molecule has 0 saturated carbocycles. The molecule has 0 radical (unpaired) electrons. The van der Waals surface area contributed by atoms with E-state index in [2.05, 4.69) is 39.8 Å². The van der Waals surface area contributed by atoms with E-state index in [-0.39, 0.29) is 12.5 Å². The Balaban J connectivity index is 2.26. The number of phenolic OH excluding ortho intramolecular Hbond substituents is 1. The summed E-state index contributed by atoms with van der Waals surface area (Å²) in [6.45, 7) is 8.28. The van der Waals surface area contributed by atoms with Crippen molar-refractivity contribution in [2.45, 2.75) is 72.6 Å². The smallest absolute Gasteiger partial charge is 0.414 e. The zero-order valence-corrected chi connectivity index (χ0v) is 21.0. The molecule has 2 N–H and O–H groups in total. The van der Waals surface area contributed by atoms with Crippen LogP contribution in [0.15, 0.2) is 65.8 Å². The van der Waals surface area contributed by atoms with Crippen LogP contribution in [0.4, 0.5) is 10.5 Å². The van der Waals surface area contributed by atoms with Crippen LogP contribution < -0.4 is 9.64 Å². The van der Waals surface area contributed by atoms with Crippen molar-refractivity contribution in [3.63, 3.8) is 0 Å². The van der Waals surface area contributed by atoms with Crippen LogP contribution in [0.5, 0.6) is 11.5 Å². The summed E-state index contributed by atoms with van der Waals surface area (Å²) in [6.07, 6.45) is 9.82. The molecule has 5 heteroatoms. The zero-order chi connectivity index (χ0) is 24.9. The molecule has 34 heavy (non-hydrogen) atoms. The van der Waals surface area contributed by atoms with Gasteiger partial charge in [0, 0.05) is 5.56 Å².